The molecule has 1 amide bonds. The highest BCUT2D eigenvalue weighted by atomic mass is 32.2. The van der Waals surface area contributed by atoms with E-state index in [0.29, 0.717) is 22.0 Å². The molecule has 0 unspecified atom stereocenters. The lowest BCUT2D eigenvalue weighted by Gasteiger charge is -2.26. The Morgan fingerprint density at radius 2 is 1.90 bits per heavy atom. The molecule has 3 aromatic carbocycles. The summed E-state index contributed by atoms with van der Waals surface area (Å²) >= 11 is 2.86. The Morgan fingerprint density at radius 3 is 2.71 bits per heavy atom. The summed E-state index contributed by atoms with van der Waals surface area (Å²) < 4.78 is 6.93. The molecule has 1 N–H and O–H groups in total. The molecule has 7 nitrogen and oxygen atoms in total. The van der Waals surface area contributed by atoms with Crippen molar-refractivity contribution in [3.8, 4) is 11.4 Å². The van der Waals surface area contributed by atoms with Crippen LogP contribution in [-0.2, 0) is 24.3 Å². The molecule has 0 bridgehead atoms. The van der Waals surface area contributed by atoms with E-state index >= 15 is 0 Å². The molecular formula is C32H30N4O3S2. The van der Waals surface area contributed by atoms with Crippen LogP contribution in [0.15, 0.2) is 88.8 Å². The van der Waals surface area contributed by atoms with Gasteiger partial charge in [0.15, 0.2) is 5.16 Å². The van der Waals surface area contributed by atoms with E-state index in [9.17, 15) is 9.59 Å². The van der Waals surface area contributed by atoms with E-state index < -0.39 is 0 Å². The van der Waals surface area contributed by atoms with Crippen LogP contribution in [0.1, 0.15) is 21.6 Å². The van der Waals surface area contributed by atoms with Gasteiger partial charge in [-0.25, -0.2) is 4.98 Å². The van der Waals surface area contributed by atoms with Gasteiger partial charge >= 0.3 is 0 Å². The highest BCUT2D eigenvalue weighted by Gasteiger charge is 2.26. The highest BCUT2D eigenvalue weighted by molar-refractivity contribution is 7.99. The number of methoxy groups -OCH3 is 1. The van der Waals surface area contributed by atoms with Crippen molar-refractivity contribution in [2.24, 2.45) is 0 Å². The smallest absolute Gasteiger partial charge is 0.267 e. The average molecular weight is 583 g/mol. The summed E-state index contributed by atoms with van der Waals surface area (Å²) in [6.07, 6.45) is 0.808. The molecule has 6 rings (SSSR count). The summed E-state index contributed by atoms with van der Waals surface area (Å²) in [6.45, 7) is 4.56. The van der Waals surface area contributed by atoms with Crippen molar-refractivity contribution in [3.05, 3.63) is 111 Å². The second-order valence-corrected chi connectivity index (χ2v) is 12.1. The van der Waals surface area contributed by atoms with Gasteiger partial charge in [-0.15, -0.1) is 11.3 Å². The van der Waals surface area contributed by atoms with Gasteiger partial charge in [-0.1, -0.05) is 60.3 Å². The number of thioether (sulfide) groups is 1. The number of thiophene rings is 1. The first-order valence-electron chi connectivity index (χ1n) is 13.5. The first-order valence-corrected chi connectivity index (χ1v) is 15.3. The summed E-state index contributed by atoms with van der Waals surface area (Å²) in [5, 5.41) is 4.13. The summed E-state index contributed by atoms with van der Waals surface area (Å²) in [5.74, 6) is 0.590. The summed E-state index contributed by atoms with van der Waals surface area (Å²) in [5.41, 5.74) is 4.76. The van der Waals surface area contributed by atoms with Crippen molar-refractivity contribution in [2.45, 2.75) is 31.6 Å². The minimum absolute atomic E-state index is 0.0784. The van der Waals surface area contributed by atoms with Gasteiger partial charge in [-0.3, -0.25) is 19.1 Å². The Bertz CT molecular complexity index is 1780. The summed E-state index contributed by atoms with van der Waals surface area (Å²) in [7, 11) is 1.59. The molecule has 0 radical (unpaired) electrons. The van der Waals surface area contributed by atoms with Gasteiger partial charge in [-0.05, 0) is 54.3 Å². The van der Waals surface area contributed by atoms with E-state index in [0.717, 1.165) is 47.7 Å². The fourth-order valence-electron chi connectivity index (χ4n) is 5.17. The largest absolute Gasteiger partial charge is 0.497 e. The van der Waals surface area contributed by atoms with Crippen LogP contribution in [-0.4, -0.2) is 39.8 Å². The second-order valence-electron chi connectivity index (χ2n) is 10.1. The number of rotatable bonds is 8. The lowest BCUT2D eigenvalue weighted by atomic mass is 10.0. The van der Waals surface area contributed by atoms with Gasteiger partial charge in [0.2, 0.25) is 5.91 Å². The maximum Gasteiger partial charge on any atom is 0.267 e. The standard InChI is InChI=1S/C32H30N4O3S2/c1-21-8-6-12-24(16-21)36-31(38)29-26-14-15-35(18-22-9-4-3-5-10-22)19-27(26)41-30(29)34-32(36)40-20-28(37)33-23-11-7-13-25(17-23)39-2/h3-13,16-17H,14-15,18-20H2,1-2H3,(H,33,37). The van der Waals surface area contributed by atoms with E-state index in [1.807, 2.05) is 55.5 Å². The van der Waals surface area contributed by atoms with E-state index in [1.165, 1.54) is 22.2 Å². The molecule has 9 heteroatoms. The molecular weight excluding hydrogens is 553 g/mol. The van der Waals surface area contributed by atoms with Crippen LogP contribution >= 0.6 is 23.1 Å². The van der Waals surface area contributed by atoms with E-state index in [4.69, 9.17) is 9.72 Å². The van der Waals surface area contributed by atoms with Gasteiger partial charge in [0, 0.05) is 36.3 Å². The van der Waals surface area contributed by atoms with E-state index in [1.54, 1.807) is 29.1 Å². The Labute approximate surface area is 246 Å². The predicted octanol–water partition coefficient (Wildman–Crippen LogP) is 6.05. The lowest BCUT2D eigenvalue weighted by Crippen LogP contribution is -2.30. The normalized spacial score (nSPS) is 13.2. The van der Waals surface area contributed by atoms with Gasteiger partial charge in [-0.2, -0.15) is 0 Å². The number of carbonyl (C=O) groups is 1. The maximum absolute atomic E-state index is 14.2. The van der Waals surface area contributed by atoms with Crippen molar-refractivity contribution < 1.29 is 9.53 Å². The first kappa shape index (κ1) is 27.3. The van der Waals surface area contributed by atoms with Gasteiger partial charge in [0.25, 0.3) is 5.56 Å². The van der Waals surface area contributed by atoms with Crippen LogP contribution < -0.4 is 15.6 Å². The second kappa shape index (κ2) is 11.9. The highest BCUT2D eigenvalue weighted by Crippen LogP contribution is 2.35. The number of aryl methyl sites for hydroxylation is 1. The first-order chi connectivity index (χ1) is 20.0. The van der Waals surface area contributed by atoms with E-state index in [-0.39, 0.29) is 17.2 Å². The van der Waals surface area contributed by atoms with Gasteiger partial charge < -0.3 is 10.1 Å². The predicted molar refractivity (Wildman–Crippen MR) is 167 cm³/mol. The number of hydrogen-bond donors (Lipinski definition) is 1. The third kappa shape index (κ3) is 5.93. The van der Waals surface area contributed by atoms with Gasteiger partial charge in [0.05, 0.1) is 23.9 Å². The molecule has 0 atom stereocenters. The topological polar surface area (TPSA) is 76.5 Å². The summed E-state index contributed by atoms with van der Waals surface area (Å²) in [4.78, 5) is 36.4. The van der Waals surface area contributed by atoms with Crippen LogP contribution in [0.4, 0.5) is 5.69 Å². The maximum atomic E-state index is 14.2. The Balaban J connectivity index is 1.32. The zero-order valence-corrected chi connectivity index (χ0v) is 24.6. The molecule has 0 saturated heterocycles. The quantitative estimate of drug-likeness (QED) is 0.177. The minimum Gasteiger partial charge on any atom is -0.497 e. The third-order valence-electron chi connectivity index (χ3n) is 7.12. The number of benzene rings is 3. The van der Waals surface area contributed by atoms with Crippen molar-refractivity contribution in [2.75, 3.05) is 24.7 Å². The molecule has 3 heterocycles. The van der Waals surface area contributed by atoms with Crippen molar-refractivity contribution in [1.82, 2.24) is 14.5 Å². The van der Waals surface area contributed by atoms with Crippen molar-refractivity contribution in [3.63, 3.8) is 0 Å². The number of hydrogen-bond acceptors (Lipinski definition) is 7. The monoisotopic (exact) mass is 582 g/mol. The molecule has 0 aliphatic carbocycles. The number of carbonyl (C=O) groups excluding carboxylic acids is 1. The molecule has 1 aliphatic rings. The fourth-order valence-corrected chi connectivity index (χ4v) is 7.29. The number of amides is 1. The minimum atomic E-state index is -0.185. The van der Waals surface area contributed by atoms with Crippen molar-refractivity contribution >= 4 is 44.9 Å². The van der Waals surface area contributed by atoms with Crippen LogP contribution in [0.25, 0.3) is 15.9 Å². The zero-order chi connectivity index (χ0) is 28.3. The zero-order valence-electron chi connectivity index (χ0n) is 22.9. The fraction of sp³-hybridized carbons (Fsp3) is 0.219. The molecule has 208 valence electrons. The van der Waals surface area contributed by atoms with Crippen LogP contribution in [0, 0.1) is 6.92 Å². The number of anilines is 1. The van der Waals surface area contributed by atoms with Crippen LogP contribution in [0.5, 0.6) is 5.75 Å². The number of nitrogens with zero attached hydrogens (tertiary/aromatic N) is 3. The molecule has 2 aromatic heterocycles. The molecule has 5 aromatic rings. The Hall–Kier alpha value is -3.92. The SMILES string of the molecule is COc1cccc(NC(=O)CSc2nc3sc4c(c3c(=O)n2-c2cccc(C)c2)CCN(Cc2ccccc2)C4)c1. The Morgan fingerprint density at radius 1 is 1.07 bits per heavy atom. The number of nitrogens with one attached hydrogen (secondary N) is 1. The number of aromatic nitrogens is 2. The van der Waals surface area contributed by atoms with Crippen LogP contribution in [0.3, 0.4) is 0 Å². The lowest BCUT2D eigenvalue weighted by molar-refractivity contribution is -0.113. The molecule has 41 heavy (non-hydrogen) atoms. The molecule has 0 fully saturated rings. The van der Waals surface area contributed by atoms with Crippen molar-refractivity contribution in [1.29, 1.82) is 0 Å². The molecule has 0 spiro atoms. The molecule has 0 saturated carbocycles. The summed E-state index contributed by atoms with van der Waals surface area (Å²) in [6, 6.07) is 25.5. The van der Waals surface area contributed by atoms with E-state index in [2.05, 4.69) is 34.5 Å². The number of fused-ring (bicyclic) bond motifs is 3. The number of ether oxygens (including phenoxy) is 1. The Kier molecular flexibility index (Phi) is 7.91. The molecule has 1 aliphatic heterocycles. The average Bonchev–Trinajstić information content (AvgIpc) is 3.34. The van der Waals surface area contributed by atoms with Crippen LogP contribution in [0.2, 0.25) is 0 Å². The van der Waals surface area contributed by atoms with Gasteiger partial charge in [0.1, 0.15) is 10.6 Å². The third-order valence-corrected chi connectivity index (χ3v) is 9.17.